The van der Waals surface area contributed by atoms with E-state index in [9.17, 15) is 14.4 Å². The first kappa shape index (κ1) is 25.8. The van der Waals surface area contributed by atoms with Crippen molar-refractivity contribution in [2.45, 2.75) is 90.7 Å². The number of Topliss-reactive ketones (excluding diaryl/α,β-unsaturated/α-hetero) is 1. The summed E-state index contributed by atoms with van der Waals surface area (Å²) < 4.78 is 5.38. The fourth-order valence-electron chi connectivity index (χ4n) is 2.93. The number of carbonyl (C=O) groups is 3. The van der Waals surface area contributed by atoms with Crippen LogP contribution in [0.2, 0.25) is 0 Å². The lowest BCUT2D eigenvalue weighted by atomic mass is 9.86. The number of hydrogen-bond acceptors (Lipinski definition) is 4. The number of carbonyl (C=O) groups excluding carboxylic acids is 2. The van der Waals surface area contributed by atoms with E-state index in [1.54, 1.807) is 12.1 Å². The number of aliphatic carboxylic acids is 1. The van der Waals surface area contributed by atoms with Crippen LogP contribution in [0.3, 0.4) is 0 Å². The molecule has 30 heavy (non-hydrogen) atoms. The van der Waals surface area contributed by atoms with E-state index in [1.165, 1.54) is 20.8 Å². The number of rotatable bonds is 12. The van der Waals surface area contributed by atoms with Gasteiger partial charge in [-0.15, -0.1) is 0 Å². The largest absolute Gasteiger partial charge is 0.479 e. The molecule has 1 aromatic rings. The lowest BCUT2D eigenvalue weighted by Crippen LogP contribution is -2.39. The van der Waals surface area contributed by atoms with Crippen molar-refractivity contribution in [3.05, 3.63) is 35.4 Å². The Kier molecular flexibility index (Phi) is 9.69. The minimum Gasteiger partial charge on any atom is -0.479 e. The second-order valence-corrected chi connectivity index (χ2v) is 9.33. The van der Waals surface area contributed by atoms with Gasteiger partial charge in [-0.05, 0) is 56.7 Å². The number of carboxylic acid groups (broad SMARTS) is 1. The molecule has 1 atom stereocenters. The molecule has 1 unspecified atom stereocenters. The lowest BCUT2D eigenvalue weighted by molar-refractivity contribution is -0.161. The van der Waals surface area contributed by atoms with Crippen LogP contribution >= 0.6 is 0 Å². The Morgan fingerprint density at radius 2 is 1.53 bits per heavy atom. The quantitative estimate of drug-likeness (QED) is 0.487. The molecule has 6 heteroatoms. The van der Waals surface area contributed by atoms with Crippen LogP contribution in [0, 0.1) is 0 Å². The van der Waals surface area contributed by atoms with Crippen LogP contribution < -0.4 is 5.32 Å². The Morgan fingerprint density at radius 3 is 2.03 bits per heavy atom. The summed E-state index contributed by atoms with van der Waals surface area (Å²) in [6.45, 7) is 11.3. The molecule has 0 heterocycles. The van der Waals surface area contributed by atoms with Gasteiger partial charge in [-0.2, -0.15) is 0 Å². The van der Waals surface area contributed by atoms with E-state index in [1.807, 2.05) is 12.1 Å². The first-order valence-corrected chi connectivity index (χ1v) is 10.6. The Labute approximate surface area is 180 Å². The summed E-state index contributed by atoms with van der Waals surface area (Å²) in [6, 6.07) is 7.00. The summed E-state index contributed by atoms with van der Waals surface area (Å²) >= 11 is 0. The van der Waals surface area contributed by atoms with Gasteiger partial charge < -0.3 is 15.2 Å². The van der Waals surface area contributed by atoms with Crippen LogP contribution in [0.15, 0.2) is 24.3 Å². The summed E-state index contributed by atoms with van der Waals surface area (Å²) in [5.74, 6) is -1.27. The Balaban J connectivity index is 2.42. The molecule has 6 nitrogen and oxygen atoms in total. The predicted octanol–water partition coefficient (Wildman–Crippen LogP) is 4.50. The van der Waals surface area contributed by atoms with Gasteiger partial charge in [-0.1, -0.05) is 52.2 Å². The van der Waals surface area contributed by atoms with E-state index in [4.69, 9.17) is 9.84 Å². The highest BCUT2D eigenvalue weighted by atomic mass is 16.5. The smallest absolute Gasteiger partial charge is 0.335 e. The van der Waals surface area contributed by atoms with E-state index < -0.39 is 17.6 Å². The molecule has 0 aromatic heterocycles. The minimum absolute atomic E-state index is 0.0192. The maximum atomic E-state index is 12.5. The van der Waals surface area contributed by atoms with Gasteiger partial charge in [0.05, 0.1) is 6.04 Å². The Morgan fingerprint density at radius 1 is 0.967 bits per heavy atom. The molecule has 0 saturated carbocycles. The molecule has 0 spiro atoms. The van der Waals surface area contributed by atoms with Crippen molar-refractivity contribution < 1.29 is 24.2 Å². The number of ketones is 1. The SMILES string of the molecule is CC(=O)C(CCCCCCOC(C)(C)C(=O)O)NC(=O)c1ccc(C(C)(C)C)cc1. The maximum Gasteiger partial charge on any atom is 0.335 e. The Hall–Kier alpha value is -2.21. The highest BCUT2D eigenvalue weighted by molar-refractivity contribution is 5.97. The predicted molar refractivity (Wildman–Crippen MR) is 118 cm³/mol. The fraction of sp³-hybridized carbons (Fsp3) is 0.625. The van der Waals surface area contributed by atoms with Crippen LogP contribution in [0.4, 0.5) is 0 Å². The zero-order valence-corrected chi connectivity index (χ0v) is 19.2. The molecular weight excluding hydrogens is 382 g/mol. The number of ether oxygens (including phenoxy) is 1. The van der Waals surface area contributed by atoms with Crippen LogP contribution in [0.1, 0.15) is 89.6 Å². The molecule has 1 aromatic carbocycles. The third kappa shape index (κ3) is 8.66. The van der Waals surface area contributed by atoms with E-state index in [0.717, 1.165) is 31.2 Å². The molecular formula is C24H37NO5. The van der Waals surface area contributed by atoms with E-state index in [2.05, 4.69) is 26.1 Å². The second-order valence-electron chi connectivity index (χ2n) is 9.33. The molecule has 0 bridgehead atoms. The van der Waals surface area contributed by atoms with Gasteiger partial charge in [0.2, 0.25) is 0 Å². The van der Waals surface area contributed by atoms with E-state index in [0.29, 0.717) is 18.6 Å². The maximum absolute atomic E-state index is 12.5. The molecule has 0 aliphatic rings. The minimum atomic E-state index is -1.17. The van der Waals surface area contributed by atoms with E-state index >= 15 is 0 Å². The molecule has 0 radical (unpaired) electrons. The molecule has 1 amide bonds. The number of unbranched alkanes of at least 4 members (excludes halogenated alkanes) is 3. The highest BCUT2D eigenvalue weighted by Crippen LogP contribution is 2.22. The molecule has 0 saturated heterocycles. The van der Waals surface area contributed by atoms with Crippen molar-refractivity contribution in [3.63, 3.8) is 0 Å². The zero-order valence-electron chi connectivity index (χ0n) is 19.2. The third-order valence-electron chi connectivity index (χ3n) is 5.17. The summed E-state index contributed by atoms with van der Waals surface area (Å²) in [7, 11) is 0. The van der Waals surface area contributed by atoms with Gasteiger partial charge in [-0.3, -0.25) is 9.59 Å². The molecule has 0 fully saturated rings. The summed E-state index contributed by atoms with van der Waals surface area (Å²) in [4.78, 5) is 35.4. The number of benzene rings is 1. The van der Waals surface area contributed by atoms with Gasteiger partial charge in [0.15, 0.2) is 11.4 Å². The standard InChI is InChI=1S/C24H37NO5/c1-17(26)20(11-9-7-8-10-16-30-24(5,6)22(28)29)25-21(27)18-12-14-19(15-13-18)23(2,3)4/h12-15,20H,7-11,16H2,1-6H3,(H,25,27)(H,28,29). The van der Waals surface area contributed by atoms with Gasteiger partial charge in [-0.25, -0.2) is 4.79 Å². The van der Waals surface area contributed by atoms with Crippen LogP contribution in [-0.2, 0) is 19.7 Å². The summed E-state index contributed by atoms with van der Waals surface area (Å²) in [5, 5.41) is 11.9. The third-order valence-corrected chi connectivity index (χ3v) is 5.17. The normalized spacial score (nSPS) is 13.0. The topological polar surface area (TPSA) is 92.7 Å². The zero-order chi connectivity index (χ0) is 22.9. The van der Waals surface area contributed by atoms with Crippen LogP contribution in [0.5, 0.6) is 0 Å². The molecule has 0 aliphatic heterocycles. The first-order chi connectivity index (χ1) is 13.8. The molecule has 0 aliphatic carbocycles. The molecule has 2 N–H and O–H groups in total. The van der Waals surface area contributed by atoms with Crippen molar-refractivity contribution in [1.29, 1.82) is 0 Å². The van der Waals surface area contributed by atoms with Crippen molar-refractivity contribution >= 4 is 17.7 Å². The molecule has 1 rings (SSSR count). The van der Waals surface area contributed by atoms with Gasteiger partial charge in [0, 0.05) is 12.2 Å². The fourth-order valence-corrected chi connectivity index (χ4v) is 2.93. The summed E-state index contributed by atoms with van der Waals surface area (Å²) in [5.41, 5.74) is 0.547. The second kappa shape index (κ2) is 11.3. The van der Waals surface area contributed by atoms with Gasteiger partial charge >= 0.3 is 5.97 Å². The first-order valence-electron chi connectivity index (χ1n) is 10.6. The summed E-state index contributed by atoms with van der Waals surface area (Å²) in [6.07, 6.45) is 3.91. The average molecular weight is 420 g/mol. The monoisotopic (exact) mass is 419 g/mol. The molecule has 168 valence electrons. The van der Waals surface area contributed by atoms with Crippen molar-refractivity contribution in [2.24, 2.45) is 0 Å². The number of nitrogens with one attached hydrogen (secondary N) is 1. The van der Waals surface area contributed by atoms with E-state index in [-0.39, 0.29) is 17.1 Å². The van der Waals surface area contributed by atoms with Gasteiger partial charge in [0.25, 0.3) is 5.91 Å². The van der Waals surface area contributed by atoms with Crippen molar-refractivity contribution in [3.8, 4) is 0 Å². The number of carboxylic acids is 1. The van der Waals surface area contributed by atoms with Gasteiger partial charge in [0.1, 0.15) is 0 Å². The number of hydrogen-bond donors (Lipinski definition) is 2. The average Bonchev–Trinajstić information content (AvgIpc) is 2.65. The van der Waals surface area contributed by atoms with Crippen LogP contribution in [-0.4, -0.2) is 41.0 Å². The number of amides is 1. The Bertz CT molecular complexity index is 716. The van der Waals surface area contributed by atoms with Crippen LogP contribution in [0.25, 0.3) is 0 Å². The lowest BCUT2D eigenvalue weighted by Gasteiger charge is -2.20. The van der Waals surface area contributed by atoms with Crippen molar-refractivity contribution in [2.75, 3.05) is 6.61 Å². The highest BCUT2D eigenvalue weighted by Gasteiger charge is 2.27. The van der Waals surface area contributed by atoms with Crippen molar-refractivity contribution in [1.82, 2.24) is 5.32 Å².